The summed E-state index contributed by atoms with van der Waals surface area (Å²) in [5, 5.41) is 2.28. The van der Waals surface area contributed by atoms with Crippen LogP contribution in [0, 0.1) is 12.1 Å². The minimum Gasteiger partial charge on any atom is -0.357 e. The summed E-state index contributed by atoms with van der Waals surface area (Å²) in [6.45, 7) is 7.47. The van der Waals surface area contributed by atoms with Crippen LogP contribution in [0.25, 0.3) is 49.9 Å². The molecule has 9 aromatic rings. The number of benzene rings is 7. The van der Waals surface area contributed by atoms with Crippen molar-refractivity contribution in [3.05, 3.63) is 194 Å². The molecule has 0 radical (unpaired) electrons. The molecule has 0 fully saturated rings. The Morgan fingerprint density at radius 3 is 1.93 bits per heavy atom. The molecule has 0 amide bonds. The summed E-state index contributed by atoms with van der Waals surface area (Å²) >= 11 is 0. The van der Waals surface area contributed by atoms with Gasteiger partial charge >= 0.3 is 21.1 Å². The Kier molecular flexibility index (Phi) is 9.95. The molecule has 0 aliphatic carbocycles. The van der Waals surface area contributed by atoms with Crippen LogP contribution in [0.1, 0.15) is 26.3 Å². The predicted molar refractivity (Wildman–Crippen MR) is 242 cm³/mol. The molecule has 0 spiro atoms. The summed E-state index contributed by atoms with van der Waals surface area (Å²) in [6, 6.07) is 68.5. The molecule has 290 valence electrons. The normalized spacial score (nSPS) is 12.5. The molecule has 6 heteroatoms. The number of pyridine rings is 1. The van der Waals surface area contributed by atoms with Gasteiger partial charge in [-0.05, 0) is 57.8 Å². The second-order valence-electron chi connectivity index (χ2n) is 16.1. The van der Waals surface area contributed by atoms with Crippen LogP contribution in [0.2, 0.25) is 0 Å². The van der Waals surface area contributed by atoms with Crippen LogP contribution in [0.3, 0.4) is 0 Å². The van der Waals surface area contributed by atoms with Crippen LogP contribution in [0.5, 0.6) is 0 Å². The molecule has 1 aliphatic heterocycles. The van der Waals surface area contributed by atoms with Gasteiger partial charge in [-0.2, -0.15) is 12.1 Å². The Bertz CT molecular complexity index is 2890. The third-order valence-corrected chi connectivity index (χ3v) is 11.3. The maximum absolute atomic E-state index is 4.99. The van der Waals surface area contributed by atoms with Gasteiger partial charge in [-0.25, -0.2) is 4.98 Å². The smallest absolute Gasteiger partial charge is 0.357 e. The van der Waals surface area contributed by atoms with E-state index in [4.69, 9.17) is 4.98 Å². The Labute approximate surface area is 361 Å². The fraction of sp³-hybridized carbons (Fsp3) is 0.113. The first-order valence-electron chi connectivity index (χ1n) is 19.9. The molecule has 0 unspecified atom stereocenters. The van der Waals surface area contributed by atoms with Gasteiger partial charge in [0.25, 0.3) is 0 Å². The van der Waals surface area contributed by atoms with Crippen LogP contribution in [0.15, 0.2) is 176 Å². The van der Waals surface area contributed by atoms with Crippen molar-refractivity contribution in [3.63, 3.8) is 0 Å². The number of aromatic nitrogens is 2. The Hall–Kier alpha value is -6.42. The van der Waals surface area contributed by atoms with E-state index in [1.54, 1.807) is 0 Å². The van der Waals surface area contributed by atoms with Gasteiger partial charge in [-0.15, -0.1) is 35.7 Å². The number of fused-ring (bicyclic) bond motifs is 4. The van der Waals surface area contributed by atoms with Crippen molar-refractivity contribution >= 4 is 55.9 Å². The van der Waals surface area contributed by atoms with Gasteiger partial charge in [0.2, 0.25) is 0 Å². The van der Waals surface area contributed by atoms with Crippen LogP contribution < -0.4 is 14.7 Å². The minimum absolute atomic E-state index is 0. The molecule has 10 rings (SSSR count). The second kappa shape index (κ2) is 15.4. The maximum Gasteiger partial charge on any atom is 2.00 e. The van der Waals surface area contributed by atoms with Crippen molar-refractivity contribution in [2.75, 3.05) is 28.4 Å². The largest absolute Gasteiger partial charge is 2.00 e. The quantitative estimate of drug-likeness (QED) is 0.149. The zero-order valence-electron chi connectivity index (χ0n) is 33.5. The Morgan fingerprint density at radius 1 is 0.593 bits per heavy atom. The third kappa shape index (κ3) is 6.80. The van der Waals surface area contributed by atoms with Gasteiger partial charge in [0, 0.05) is 29.9 Å². The van der Waals surface area contributed by atoms with E-state index < -0.39 is 0 Å². The molecule has 1 aliphatic rings. The third-order valence-electron chi connectivity index (χ3n) is 11.3. The average molecular weight is 945 g/mol. The summed E-state index contributed by atoms with van der Waals surface area (Å²) < 4.78 is 2.28. The van der Waals surface area contributed by atoms with Crippen molar-refractivity contribution < 1.29 is 21.1 Å². The standard InChI is InChI=1S/C53H43N5.Pt/c1-53(2,3)39-31-32-54-51(33-39)58-47-26-12-11-23-45(47)46-30-29-42(35-50(46)58)57(41-22-15-21-40(34-41)56-36-55(4)48-27-13-14-28-49(48)56)52-43(37-17-7-5-8-18-37)24-16-25-44(52)38-19-9-6-10-20-38;/h5-33H,36H2,1-4H3;/q-2;+2. The van der Waals surface area contributed by atoms with E-state index in [2.05, 4.69) is 229 Å². The summed E-state index contributed by atoms with van der Waals surface area (Å²) in [4.78, 5) is 12.0. The van der Waals surface area contributed by atoms with Crippen LogP contribution in [-0.4, -0.2) is 23.3 Å². The molecule has 0 bridgehead atoms. The molecular formula is C53H43N5Pt. The van der Waals surface area contributed by atoms with Crippen molar-refractivity contribution in [3.8, 4) is 28.1 Å². The number of anilines is 6. The predicted octanol–water partition coefficient (Wildman–Crippen LogP) is 13.4. The monoisotopic (exact) mass is 944 g/mol. The Morgan fingerprint density at radius 2 is 1.22 bits per heavy atom. The SMILES string of the molecule is CN1CN(c2[c-]c(N(c3[c-]c4c(cc3)c3ccccc3n4-c3cc(C(C)(C)C)ccn3)c3c(-c4ccccc4)cccc3-c3ccccc3)ccc2)c2ccccc21.[Pt+2]. The van der Waals surface area contributed by atoms with E-state index in [0.29, 0.717) is 0 Å². The summed E-state index contributed by atoms with van der Waals surface area (Å²) in [5.41, 5.74) is 14.0. The number of para-hydroxylation sites is 4. The van der Waals surface area contributed by atoms with E-state index in [9.17, 15) is 0 Å². The number of hydrogen-bond acceptors (Lipinski definition) is 4. The zero-order chi connectivity index (χ0) is 39.4. The van der Waals surface area contributed by atoms with Gasteiger partial charge < -0.3 is 19.3 Å². The summed E-state index contributed by atoms with van der Waals surface area (Å²) in [7, 11) is 2.15. The average Bonchev–Trinajstić information content (AvgIpc) is 3.78. The van der Waals surface area contributed by atoms with Crippen molar-refractivity contribution in [2.24, 2.45) is 0 Å². The van der Waals surface area contributed by atoms with Crippen LogP contribution in [0.4, 0.5) is 34.1 Å². The Balaban J connectivity index is 0.00000449. The van der Waals surface area contributed by atoms with Crippen LogP contribution >= 0.6 is 0 Å². The van der Waals surface area contributed by atoms with Crippen molar-refractivity contribution in [1.82, 2.24) is 9.55 Å². The van der Waals surface area contributed by atoms with E-state index in [-0.39, 0.29) is 26.5 Å². The molecule has 59 heavy (non-hydrogen) atoms. The van der Waals surface area contributed by atoms with E-state index in [1.807, 2.05) is 6.20 Å². The first-order valence-corrected chi connectivity index (χ1v) is 19.9. The van der Waals surface area contributed by atoms with Gasteiger partial charge in [-0.1, -0.05) is 153 Å². The van der Waals surface area contributed by atoms with Crippen molar-refractivity contribution in [2.45, 2.75) is 26.2 Å². The summed E-state index contributed by atoms with van der Waals surface area (Å²) in [5.74, 6) is 0.874. The molecule has 0 N–H and O–H groups in total. The first kappa shape index (κ1) is 38.1. The van der Waals surface area contributed by atoms with Gasteiger partial charge in [-0.3, -0.25) is 0 Å². The van der Waals surface area contributed by atoms with Gasteiger partial charge in [0.05, 0.1) is 23.7 Å². The number of nitrogens with zero attached hydrogens (tertiary/aromatic N) is 5. The van der Waals surface area contributed by atoms with Gasteiger partial charge in [0.15, 0.2) is 0 Å². The van der Waals surface area contributed by atoms with Crippen molar-refractivity contribution in [1.29, 1.82) is 0 Å². The summed E-state index contributed by atoms with van der Waals surface area (Å²) in [6.07, 6.45) is 1.93. The van der Waals surface area contributed by atoms with Crippen LogP contribution in [-0.2, 0) is 26.5 Å². The molecule has 7 aromatic carbocycles. The first-order chi connectivity index (χ1) is 28.3. The molecule has 3 heterocycles. The fourth-order valence-electron chi connectivity index (χ4n) is 8.43. The molecule has 0 saturated heterocycles. The van der Waals surface area contributed by atoms with Gasteiger partial charge in [0.1, 0.15) is 5.82 Å². The zero-order valence-corrected chi connectivity index (χ0v) is 35.8. The number of hydrogen-bond donors (Lipinski definition) is 0. The molecule has 5 nitrogen and oxygen atoms in total. The van der Waals surface area contributed by atoms with E-state index >= 15 is 0 Å². The maximum atomic E-state index is 4.99. The number of rotatable bonds is 7. The fourth-order valence-corrected chi connectivity index (χ4v) is 8.43. The minimum atomic E-state index is -0.0391. The molecule has 0 saturated carbocycles. The topological polar surface area (TPSA) is 27.5 Å². The van der Waals surface area contributed by atoms with E-state index in [0.717, 1.165) is 79.3 Å². The molecule has 0 atom stereocenters. The molecule has 2 aromatic heterocycles. The second-order valence-corrected chi connectivity index (χ2v) is 16.1. The molecular weight excluding hydrogens is 902 g/mol. The van der Waals surface area contributed by atoms with E-state index in [1.165, 1.54) is 16.9 Å².